The quantitative estimate of drug-likeness (QED) is 0.792. The van der Waals surface area contributed by atoms with Gasteiger partial charge in [0.2, 0.25) is 10.0 Å². The molecule has 0 radical (unpaired) electrons. The fourth-order valence-electron chi connectivity index (χ4n) is 1.76. The lowest BCUT2D eigenvalue weighted by molar-refractivity contribution is 0.415. The highest BCUT2D eigenvalue weighted by molar-refractivity contribution is 9.10. The Morgan fingerprint density at radius 2 is 1.95 bits per heavy atom. The number of sulfonamides is 1. The van der Waals surface area contributed by atoms with E-state index in [2.05, 4.69) is 20.7 Å². The number of hydrogen-bond donors (Lipinski definition) is 2. The molecule has 0 aliphatic heterocycles. The van der Waals surface area contributed by atoms with Crippen LogP contribution in [0.1, 0.15) is 5.56 Å². The van der Waals surface area contributed by atoms with Crippen LogP contribution in [0.2, 0.25) is 0 Å². The number of nitrogens with two attached hydrogens (primary N) is 1. The van der Waals surface area contributed by atoms with Gasteiger partial charge in [0.05, 0.1) is 17.7 Å². The molecule has 0 heterocycles. The molecule has 21 heavy (non-hydrogen) atoms. The van der Waals surface area contributed by atoms with Crippen LogP contribution in [-0.2, 0) is 16.6 Å². The third-order valence-electron chi connectivity index (χ3n) is 2.93. The number of halogens is 1. The van der Waals surface area contributed by atoms with Gasteiger partial charge in [-0.25, -0.2) is 13.1 Å². The topological polar surface area (TPSA) is 81.4 Å². The summed E-state index contributed by atoms with van der Waals surface area (Å²) in [6.45, 7) is 0.191. The second-order valence-electron chi connectivity index (χ2n) is 4.32. The molecule has 2 aromatic rings. The average Bonchev–Trinajstić information content (AvgIpc) is 2.46. The molecule has 5 nitrogen and oxygen atoms in total. The summed E-state index contributed by atoms with van der Waals surface area (Å²) in [6, 6.07) is 11.8. The number of rotatable bonds is 5. The molecule has 0 aliphatic rings. The van der Waals surface area contributed by atoms with E-state index < -0.39 is 10.0 Å². The van der Waals surface area contributed by atoms with Crippen molar-refractivity contribution >= 4 is 31.6 Å². The fraction of sp³-hybridized carbons (Fsp3) is 0.143. The van der Waals surface area contributed by atoms with Gasteiger partial charge >= 0.3 is 0 Å². The third-order valence-corrected chi connectivity index (χ3v) is 5.10. The maximum Gasteiger partial charge on any atom is 0.241 e. The Kier molecular flexibility index (Phi) is 4.87. The second kappa shape index (κ2) is 6.46. The maximum absolute atomic E-state index is 12.3. The van der Waals surface area contributed by atoms with E-state index in [0.29, 0.717) is 11.4 Å². The Morgan fingerprint density at radius 3 is 2.62 bits per heavy atom. The van der Waals surface area contributed by atoms with Gasteiger partial charge in [-0.2, -0.15) is 0 Å². The van der Waals surface area contributed by atoms with E-state index in [1.165, 1.54) is 25.3 Å². The van der Waals surface area contributed by atoms with E-state index in [9.17, 15) is 8.42 Å². The van der Waals surface area contributed by atoms with Crippen molar-refractivity contribution in [3.8, 4) is 5.75 Å². The molecule has 2 rings (SSSR count). The first kappa shape index (κ1) is 15.8. The minimum absolute atomic E-state index is 0.112. The van der Waals surface area contributed by atoms with E-state index in [1.807, 2.05) is 24.3 Å². The number of nitrogen functional groups attached to an aromatic ring is 1. The molecule has 2 aromatic carbocycles. The van der Waals surface area contributed by atoms with Gasteiger partial charge in [-0.05, 0) is 23.8 Å². The predicted molar refractivity (Wildman–Crippen MR) is 85.6 cm³/mol. The summed E-state index contributed by atoms with van der Waals surface area (Å²) in [6.07, 6.45) is 0. The van der Waals surface area contributed by atoms with Crippen molar-refractivity contribution in [1.82, 2.24) is 4.72 Å². The molecule has 3 N–H and O–H groups in total. The normalized spacial score (nSPS) is 11.3. The minimum atomic E-state index is -3.63. The monoisotopic (exact) mass is 370 g/mol. The van der Waals surface area contributed by atoms with Gasteiger partial charge in [-0.15, -0.1) is 0 Å². The van der Waals surface area contributed by atoms with E-state index in [4.69, 9.17) is 10.5 Å². The summed E-state index contributed by atoms with van der Waals surface area (Å²) in [4.78, 5) is 0.112. The Morgan fingerprint density at radius 1 is 1.24 bits per heavy atom. The molecule has 0 unspecified atom stereocenters. The van der Waals surface area contributed by atoms with E-state index in [1.54, 1.807) is 0 Å². The molecule has 0 fully saturated rings. The lowest BCUT2D eigenvalue weighted by Gasteiger charge is -2.10. The zero-order valence-electron chi connectivity index (χ0n) is 11.3. The van der Waals surface area contributed by atoms with E-state index in [-0.39, 0.29) is 11.4 Å². The molecule has 0 aliphatic carbocycles. The van der Waals surface area contributed by atoms with E-state index in [0.717, 1.165) is 10.0 Å². The van der Waals surface area contributed by atoms with Gasteiger partial charge < -0.3 is 10.5 Å². The van der Waals surface area contributed by atoms with Crippen LogP contribution in [-0.4, -0.2) is 15.5 Å². The van der Waals surface area contributed by atoms with Crippen LogP contribution in [0, 0.1) is 0 Å². The molecule has 0 saturated carbocycles. The van der Waals surface area contributed by atoms with E-state index >= 15 is 0 Å². The van der Waals surface area contributed by atoms with Crippen LogP contribution in [0.15, 0.2) is 51.8 Å². The van der Waals surface area contributed by atoms with Crippen LogP contribution >= 0.6 is 15.9 Å². The number of anilines is 1. The Hall–Kier alpha value is -1.57. The zero-order valence-corrected chi connectivity index (χ0v) is 13.7. The van der Waals surface area contributed by atoms with Crippen molar-refractivity contribution in [2.45, 2.75) is 11.4 Å². The summed E-state index contributed by atoms with van der Waals surface area (Å²) >= 11 is 3.38. The van der Waals surface area contributed by atoms with Crippen LogP contribution in [0.3, 0.4) is 0 Å². The number of methoxy groups -OCH3 is 1. The Balaban J connectivity index is 2.21. The number of benzene rings is 2. The van der Waals surface area contributed by atoms with Crippen LogP contribution < -0.4 is 15.2 Å². The summed E-state index contributed by atoms with van der Waals surface area (Å²) in [5, 5.41) is 0. The first-order valence-corrected chi connectivity index (χ1v) is 8.38. The second-order valence-corrected chi connectivity index (χ2v) is 6.94. The molecular weight excluding hydrogens is 356 g/mol. The molecule has 0 spiro atoms. The first-order valence-electron chi connectivity index (χ1n) is 6.10. The van der Waals surface area contributed by atoms with Crippen molar-refractivity contribution in [3.05, 3.63) is 52.5 Å². The van der Waals surface area contributed by atoms with Crippen LogP contribution in [0.25, 0.3) is 0 Å². The molecule has 7 heteroatoms. The maximum atomic E-state index is 12.3. The predicted octanol–water partition coefficient (Wildman–Crippen LogP) is 2.52. The van der Waals surface area contributed by atoms with Gasteiger partial charge in [0, 0.05) is 17.1 Å². The molecule has 0 aromatic heterocycles. The Labute approximate surface area is 132 Å². The number of nitrogens with one attached hydrogen (secondary N) is 1. The zero-order chi connectivity index (χ0) is 15.5. The number of ether oxygens (including phenoxy) is 1. The van der Waals surface area contributed by atoms with Crippen molar-refractivity contribution in [2.75, 3.05) is 12.8 Å². The lowest BCUT2D eigenvalue weighted by atomic mass is 10.2. The average molecular weight is 371 g/mol. The molecule has 112 valence electrons. The summed E-state index contributed by atoms with van der Waals surface area (Å²) in [5.74, 6) is 0.332. The highest BCUT2D eigenvalue weighted by atomic mass is 79.9. The lowest BCUT2D eigenvalue weighted by Crippen LogP contribution is -2.23. The first-order chi connectivity index (χ1) is 9.94. The molecular formula is C14H15BrN2O3S. The highest BCUT2D eigenvalue weighted by Crippen LogP contribution is 2.25. The smallest absolute Gasteiger partial charge is 0.241 e. The van der Waals surface area contributed by atoms with Crippen molar-refractivity contribution in [1.29, 1.82) is 0 Å². The molecule has 0 bridgehead atoms. The third kappa shape index (κ3) is 3.75. The SMILES string of the molecule is COc1cc(S(=O)(=O)NCc2ccccc2Br)ccc1N. The minimum Gasteiger partial charge on any atom is -0.495 e. The Bertz CT molecular complexity index is 748. The van der Waals surface area contributed by atoms with Crippen LogP contribution in [0.4, 0.5) is 5.69 Å². The van der Waals surface area contributed by atoms with Crippen molar-refractivity contribution in [3.63, 3.8) is 0 Å². The van der Waals surface area contributed by atoms with Gasteiger partial charge in [0.1, 0.15) is 5.75 Å². The largest absolute Gasteiger partial charge is 0.495 e. The van der Waals surface area contributed by atoms with Crippen LogP contribution in [0.5, 0.6) is 5.75 Å². The summed E-state index contributed by atoms with van der Waals surface area (Å²) in [5.41, 5.74) is 6.92. The standard InChI is InChI=1S/C14H15BrN2O3S/c1-20-14-8-11(6-7-13(14)16)21(18,19)17-9-10-4-2-3-5-12(10)15/h2-8,17H,9,16H2,1H3. The van der Waals surface area contributed by atoms with Gasteiger partial charge in [-0.3, -0.25) is 0 Å². The number of hydrogen-bond acceptors (Lipinski definition) is 4. The highest BCUT2D eigenvalue weighted by Gasteiger charge is 2.16. The summed E-state index contributed by atoms with van der Waals surface area (Å²) in [7, 11) is -2.19. The molecule has 0 atom stereocenters. The van der Waals surface area contributed by atoms with Crippen molar-refractivity contribution in [2.24, 2.45) is 0 Å². The summed E-state index contributed by atoms with van der Waals surface area (Å²) < 4.78 is 33.0. The molecule has 0 saturated heterocycles. The fourth-order valence-corrected chi connectivity index (χ4v) is 3.20. The van der Waals surface area contributed by atoms with Gasteiger partial charge in [0.25, 0.3) is 0 Å². The van der Waals surface area contributed by atoms with Crippen molar-refractivity contribution < 1.29 is 13.2 Å². The van der Waals surface area contributed by atoms with Gasteiger partial charge in [0.15, 0.2) is 0 Å². The molecule has 0 amide bonds. The van der Waals surface area contributed by atoms with Gasteiger partial charge in [-0.1, -0.05) is 34.1 Å².